The highest BCUT2D eigenvalue weighted by Crippen LogP contribution is 2.39. The molecule has 1 saturated carbocycles. The lowest BCUT2D eigenvalue weighted by molar-refractivity contribution is 0.141. The molecule has 0 amide bonds. The van der Waals surface area contributed by atoms with Crippen LogP contribution < -0.4 is 0 Å². The molecule has 2 fully saturated rings. The quantitative estimate of drug-likeness (QED) is 0.736. The number of hydrogen-bond acceptors (Lipinski definition) is 2. The molecule has 1 unspecified atom stereocenters. The summed E-state index contributed by atoms with van der Waals surface area (Å²) in [5.74, 6) is 2.07. The SMILES string of the molecule is CCC1CCN(CC2(CS)CCCCC2)C1. The van der Waals surface area contributed by atoms with Gasteiger partial charge >= 0.3 is 0 Å². The minimum absolute atomic E-state index is 0.560. The van der Waals surface area contributed by atoms with Gasteiger partial charge in [0.25, 0.3) is 0 Å². The maximum Gasteiger partial charge on any atom is 0.00459 e. The Bertz CT molecular complexity index is 211. The molecule has 1 aliphatic heterocycles. The number of rotatable bonds is 4. The van der Waals surface area contributed by atoms with E-state index in [2.05, 4.69) is 24.5 Å². The Morgan fingerprint density at radius 1 is 1.25 bits per heavy atom. The molecule has 1 aliphatic carbocycles. The van der Waals surface area contributed by atoms with Crippen molar-refractivity contribution in [1.29, 1.82) is 0 Å². The van der Waals surface area contributed by atoms with Crippen molar-refractivity contribution in [2.75, 3.05) is 25.4 Å². The first kappa shape index (κ1) is 12.8. The molecule has 1 heterocycles. The molecule has 2 aliphatic rings. The molecular formula is C14H27NS. The van der Waals surface area contributed by atoms with Gasteiger partial charge < -0.3 is 4.90 Å². The van der Waals surface area contributed by atoms with Crippen molar-refractivity contribution in [3.05, 3.63) is 0 Å². The molecule has 0 bridgehead atoms. The normalized spacial score (nSPS) is 30.8. The lowest BCUT2D eigenvalue weighted by Gasteiger charge is -2.39. The number of likely N-dealkylation sites (tertiary alicyclic amines) is 1. The third-order valence-electron chi connectivity index (χ3n) is 4.76. The Morgan fingerprint density at radius 3 is 2.56 bits per heavy atom. The predicted octanol–water partition coefficient (Wildman–Crippen LogP) is 3.60. The smallest absolute Gasteiger partial charge is 0.00459 e. The van der Waals surface area contributed by atoms with E-state index in [1.54, 1.807) is 0 Å². The van der Waals surface area contributed by atoms with E-state index in [-0.39, 0.29) is 0 Å². The lowest BCUT2D eigenvalue weighted by Crippen LogP contribution is -2.39. The molecule has 94 valence electrons. The van der Waals surface area contributed by atoms with Crippen molar-refractivity contribution in [2.24, 2.45) is 11.3 Å². The molecule has 0 aromatic heterocycles. The van der Waals surface area contributed by atoms with E-state index in [4.69, 9.17) is 0 Å². The van der Waals surface area contributed by atoms with Gasteiger partial charge in [-0.05, 0) is 42.9 Å². The van der Waals surface area contributed by atoms with E-state index in [1.165, 1.54) is 64.6 Å². The highest BCUT2D eigenvalue weighted by molar-refractivity contribution is 7.80. The molecule has 2 rings (SSSR count). The fourth-order valence-electron chi connectivity index (χ4n) is 3.53. The first-order valence-electron chi connectivity index (χ1n) is 7.11. The second kappa shape index (κ2) is 5.77. The van der Waals surface area contributed by atoms with E-state index in [1.807, 2.05) is 0 Å². The molecule has 16 heavy (non-hydrogen) atoms. The van der Waals surface area contributed by atoms with E-state index in [9.17, 15) is 0 Å². The molecule has 1 atom stereocenters. The fourth-order valence-corrected chi connectivity index (χ4v) is 3.95. The minimum atomic E-state index is 0.560. The van der Waals surface area contributed by atoms with Gasteiger partial charge in [-0.25, -0.2) is 0 Å². The van der Waals surface area contributed by atoms with Crippen LogP contribution in [-0.2, 0) is 0 Å². The maximum atomic E-state index is 4.64. The zero-order valence-corrected chi connectivity index (χ0v) is 11.6. The van der Waals surface area contributed by atoms with Crippen LogP contribution >= 0.6 is 12.6 Å². The van der Waals surface area contributed by atoms with E-state index in [0.29, 0.717) is 5.41 Å². The van der Waals surface area contributed by atoms with Gasteiger partial charge in [-0.1, -0.05) is 32.6 Å². The zero-order chi connectivity index (χ0) is 11.4. The molecule has 0 N–H and O–H groups in total. The second-order valence-electron chi connectivity index (χ2n) is 6.02. The Labute approximate surface area is 106 Å². The summed E-state index contributed by atoms with van der Waals surface area (Å²) in [6, 6.07) is 0. The summed E-state index contributed by atoms with van der Waals surface area (Å²) in [5.41, 5.74) is 0.560. The first-order valence-corrected chi connectivity index (χ1v) is 7.74. The summed E-state index contributed by atoms with van der Waals surface area (Å²) in [4.78, 5) is 2.72. The Kier molecular flexibility index (Phi) is 4.60. The number of nitrogens with zero attached hydrogens (tertiary/aromatic N) is 1. The molecule has 1 nitrogen and oxygen atoms in total. The van der Waals surface area contributed by atoms with Crippen molar-refractivity contribution in [3.63, 3.8) is 0 Å². The monoisotopic (exact) mass is 241 g/mol. The van der Waals surface area contributed by atoms with Gasteiger partial charge in [-0.3, -0.25) is 0 Å². The van der Waals surface area contributed by atoms with Gasteiger partial charge in [0.05, 0.1) is 0 Å². The van der Waals surface area contributed by atoms with Gasteiger partial charge in [-0.15, -0.1) is 0 Å². The molecule has 2 heteroatoms. The topological polar surface area (TPSA) is 3.24 Å². The molecule has 0 radical (unpaired) electrons. The van der Waals surface area contributed by atoms with Crippen LogP contribution in [0.15, 0.2) is 0 Å². The maximum absolute atomic E-state index is 4.64. The summed E-state index contributed by atoms with van der Waals surface area (Å²) < 4.78 is 0. The summed E-state index contributed by atoms with van der Waals surface area (Å²) in [7, 11) is 0. The van der Waals surface area contributed by atoms with Gasteiger partial charge in [0.2, 0.25) is 0 Å². The highest BCUT2D eigenvalue weighted by atomic mass is 32.1. The zero-order valence-electron chi connectivity index (χ0n) is 10.7. The average molecular weight is 241 g/mol. The largest absolute Gasteiger partial charge is 0.302 e. The van der Waals surface area contributed by atoms with Crippen LogP contribution in [0.5, 0.6) is 0 Å². The third-order valence-corrected chi connectivity index (χ3v) is 5.43. The summed E-state index contributed by atoms with van der Waals surface area (Å²) in [6.45, 7) is 6.36. The molecule has 0 aromatic rings. The van der Waals surface area contributed by atoms with Crippen LogP contribution in [0, 0.1) is 11.3 Å². The third kappa shape index (κ3) is 2.95. The summed E-state index contributed by atoms with van der Waals surface area (Å²) in [5, 5.41) is 0. The van der Waals surface area contributed by atoms with Crippen LogP contribution in [0.25, 0.3) is 0 Å². The van der Waals surface area contributed by atoms with Gasteiger partial charge in [0.15, 0.2) is 0 Å². The van der Waals surface area contributed by atoms with Gasteiger partial charge in [0.1, 0.15) is 0 Å². The second-order valence-corrected chi connectivity index (χ2v) is 6.33. The van der Waals surface area contributed by atoms with Crippen molar-refractivity contribution < 1.29 is 0 Å². The molecule has 1 saturated heterocycles. The highest BCUT2D eigenvalue weighted by Gasteiger charge is 2.34. The van der Waals surface area contributed by atoms with Gasteiger partial charge in [0, 0.05) is 13.1 Å². The van der Waals surface area contributed by atoms with Crippen LogP contribution in [0.2, 0.25) is 0 Å². The first-order chi connectivity index (χ1) is 7.78. The fraction of sp³-hybridized carbons (Fsp3) is 1.00. The van der Waals surface area contributed by atoms with Crippen molar-refractivity contribution >= 4 is 12.6 Å². The lowest BCUT2D eigenvalue weighted by atomic mass is 9.75. The Morgan fingerprint density at radius 2 is 2.00 bits per heavy atom. The van der Waals surface area contributed by atoms with Crippen LogP contribution in [0.3, 0.4) is 0 Å². The molecular weight excluding hydrogens is 214 g/mol. The average Bonchev–Trinajstić information content (AvgIpc) is 2.78. The molecule has 0 aromatic carbocycles. The van der Waals surface area contributed by atoms with Crippen molar-refractivity contribution in [2.45, 2.75) is 51.9 Å². The summed E-state index contributed by atoms with van der Waals surface area (Å²) in [6.07, 6.45) is 9.96. The standard InChI is InChI=1S/C14H27NS/c1-2-13-6-9-15(10-13)11-14(12-16)7-4-3-5-8-14/h13,16H,2-12H2,1H3. The summed E-state index contributed by atoms with van der Waals surface area (Å²) >= 11 is 4.64. The van der Waals surface area contributed by atoms with Crippen molar-refractivity contribution in [3.8, 4) is 0 Å². The predicted molar refractivity (Wildman–Crippen MR) is 74.2 cm³/mol. The number of hydrogen-bond donors (Lipinski definition) is 1. The van der Waals surface area contributed by atoms with E-state index >= 15 is 0 Å². The minimum Gasteiger partial charge on any atom is -0.302 e. The number of thiol groups is 1. The Balaban J connectivity index is 1.86. The van der Waals surface area contributed by atoms with Crippen LogP contribution in [0.4, 0.5) is 0 Å². The van der Waals surface area contributed by atoms with Crippen LogP contribution in [0.1, 0.15) is 51.9 Å². The van der Waals surface area contributed by atoms with Crippen LogP contribution in [-0.4, -0.2) is 30.3 Å². The van der Waals surface area contributed by atoms with E-state index < -0.39 is 0 Å². The van der Waals surface area contributed by atoms with E-state index in [0.717, 1.165) is 11.7 Å². The van der Waals surface area contributed by atoms with Gasteiger partial charge in [-0.2, -0.15) is 12.6 Å². The Hall–Kier alpha value is 0.310. The van der Waals surface area contributed by atoms with Crippen molar-refractivity contribution in [1.82, 2.24) is 4.90 Å². The molecule has 0 spiro atoms.